The van der Waals surface area contributed by atoms with E-state index in [0.29, 0.717) is 16.9 Å². The minimum absolute atomic E-state index is 0.0742. The van der Waals surface area contributed by atoms with E-state index in [0.717, 1.165) is 31.4 Å². The van der Waals surface area contributed by atoms with Gasteiger partial charge in [-0.1, -0.05) is 19.0 Å². The van der Waals surface area contributed by atoms with Gasteiger partial charge in [-0.2, -0.15) is 0 Å². The normalized spacial score (nSPS) is 19.9. The van der Waals surface area contributed by atoms with Gasteiger partial charge in [-0.25, -0.2) is 4.98 Å². The fourth-order valence-electron chi connectivity index (χ4n) is 2.57. The van der Waals surface area contributed by atoms with Gasteiger partial charge in [0.05, 0.1) is 0 Å². The summed E-state index contributed by atoms with van der Waals surface area (Å²) in [7, 11) is 0. The van der Waals surface area contributed by atoms with E-state index < -0.39 is 0 Å². The second-order valence-electron chi connectivity index (χ2n) is 6.30. The Morgan fingerprint density at radius 3 is 2.65 bits per heavy atom. The van der Waals surface area contributed by atoms with Gasteiger partial charge in [-0.15, -0.1) is 0 Å². The minimum atomic E-state index is 0.0742. The Labute approximate surface area is 119 Å². The summed E-state index contributed by atoms with van der Waals surface area (Å²) < 4.78 is 5.96. The molecular weight excluding hydrogens is 254 g/mol. The van der Waals surface area contributed by atoms with Crippen molar-refractivity contribution >= 4 is 5.84 Å². The van der Waals surface area contributed by atoms with Crippen molar-refractivity contribution in [3.8, 4) is 5.88 Å². The van der Waals surface area contributed by atoms with Gasteiger partial charge in [0.2, 0.25) is 5.88 Å². The molecule has 0 saturated heterocycles. The van der Waals surface area contributed by atoms with Gasteiger partial charge in [0.15, 0.2) is 5.84 Å². The maximum Gasteiger partial charge on any atom is 0.214 e. The van der Waals surface area contributed by atoms with E-state index in [4.69, 9.17) is 15.7 Å². The van der Waals surface area contributed by atoms with Crippen molar-refractivity contribution in [3.05, 3.63) is 23.4 Å². The predicted octanol–water partition coefficient (Wildman–Crippen LogP) is 2.83. The summed E-state index contributed by atoms with van der Waals surface area (Å²) in [5.74, 6) is 0.626. The quantitative estimate of drug-likeness (QED) is 0.385. The van der Waals surface area contributed by atoms with Crippen LogP contribution in [0.4, 0.5) is 0 Å². The molecule has 20 heavy (non-hydrogen) atoms. The van der Waals surface area contributed by atoms with Gasteiger partial charge in [-0.3, -0.25) is 0 Å². The van der Waals surface area contributed by atoms with Crippen LogP contribution in [0.3, 0.4) is 0 Å². The maximum atomic E-state index is 8.75. The molecule has 1 saturated carbocycles. The molecule has 0 unspecified atom stereocenters. The number of nitrogens with two attached hydrogens (primary N) is 1. The second kappa shape index (κ2) is 5.69. The molecule has 0 radical (unpaired) electrons. The molecule has 5 heteroatoms. The third kappa shape index (κ3) is 3.62. The van der Waals surface area contributed by atoms with Crippen LogP contribution in [0.15, 0.2) is 17.3 Å². The highest BCUT2D eigenvalue weighted by molar-refractivity contribution is 5.97. The number of rotatable bonds is 3. The van der Waals surface area contributed by atoms with Crippen molar-refractivity contribution in [1.82, 2.24) is 4.98 Å². The molecule has 1 heterocycles. The highest BCUT2D eigenvalue weighted by Crippen LogP contribution is 2.36. The third-order valence-corrected chi connectivity index (χ3v) is 3.91. The van der Waals surface area contributed by atoms with Gasteiger partial charge in [0.1, 0.15) is 6.10 Å². The van der Waals surface area contributed by atoms with Crippen LogP contribution in [0.1, 0.15) is 50.8 Å². The van der Waals surface area contributed by atoms with E-state index in [1.807, 2.05) is 6.92 Å². The van der Waals surface area contributed by atoms with E-state index in [9.17, 15) is 0 Å². The molecule has 110 valence electrons. The van der Waals surface area contributed by atoms with Crippen molar-refractivity contribution in [2.24, 2.45) is 16.3 Å². The van der Waals surface area contributed by atoms with Crippen molar-refractivity contribution < 1.29 is 9.94 Å². The molecule has 1 aromatic heterocycles. The highest BCUT2D eigenvalue weighted by Gasteiger charge is 2.28. The Morgan fingerprint density at radius 1 is 1.40 bits per heavy atom. The number of aromatic nitrogens is 1. The number of pyridine rings is 1. The first kappa shape index (κ1) is 14.6. The first-order valence-electron chi connectivity index (χ1n) is 7.03. The molecule has 0 atom stereocenters. The molecule has 1 aliphatic carbocycles. The molecule has 1 aliphatic rings. The van der Waals surface area contributed by atoms with Crippen LogP contribution in [0.5, 0.6) is 5.88 Å². The SMILES string of the molecule is Cc1cc(/C(N)=N/O)cc(OC2CCC(C)(C)CC2)n1. The smallest absolute Gasteiger partial charge is 0.214 e. The standard InChI is InChI=1S/C15H23N3O2/c1-10-8-11(14(16)18-19)9-13(17-10)20-12-4-6-15(2,3)7-5-12/h8-9,12,19H,4-7H2,1-3H3,(H2,16,18). The van der Waals surface area contributed by atoms with E-state index in [-0.39, 0.29) is 11.9 Å². The molecule has 1 aromatic rings. The Morgan fingerprint density at radius 2 is 2.05 bits per heavy atom. The number of hydrogen-bond donors (Lipinski definition) is 2. The van der Waals surface area contributed by atoms with Gasteiger partial charge >= 0.3 is 0 Å². The zero-order valence-corrected chi connectivity index (χ0v) is 12.4. The van der Waals surface area contributed by atoms with Gasteiger partial charge in [0.25, 0.3) is 0 Å². The topological polar surface area (TPSA) is 80.7 Å². The lowest BCUT2D eigenvalue weighted by Crippen LogP contribution is -2.28. The minimum Gasteiger partial charge on any atom is -0.474 e. The Kier molecular flexibility index (Phi) is 4.16. The van der Waals surface area contributed by atoms with Crippen LogP contribution >= 0.6 is 0 Å². The Hall–Kier alpha value is -1.78. The number of ether oxygens (including phenoxy) is 1. The zero-order chi connectivity index (χ0) is 14.8. The van der Waals surface area contributed by atoms with Crippen molar-refractivity contribution in [1.29, 1.82) is 0 Å². The van der Waals surface area contributed by atoms with Gasteiger partial charge < -0.3 is 15.7 Å². The van der Waals surface area contributed by atoms with Crippen molar-refractivity contribution in [3.63, 3.8) is 0 Å². The van der Waals surface area contributed by atoms with Crippen LogP contribution in [0.25, 0.3) is 0 Å². The number of aryl methyl sites for hydroxylation is 1. The van der Waals surface area contributed by atoms with Crippen LogP contribution < -0.4 is 10.5 Å². The molecule has 5 nitrogen and oxygen atoms in total. The summed E-state index contributed by atoms with van der Waals surface area (Å²) in [6.07, 6.45) is 4.62. The lowest BCUT2D eigenvalue weighted by molar-refractivity contribution is 0.0948. The number of amidine groups is 1. The summed E-state index contributed by atoms with van der Waals surface area (Å²) >= 11 is 0. The molecular formula is C15H23N3O2. The molecule has 0 aromatic carbocycles. The van der Waals surface area contributed by atoms with Gasteiger partial charge in [-0.05, 0) is 44.1 Å². The maximum absolute atomic E-state index is 8.75. The van der Waals surface area contributed by atoms with Crippen molar-refractivity contribution in [2.75, 3.05) is 0 Å². The Balaban J connectivity index is 2.08. The summed E-state index contributed by atoms with van der Waals surface area (Å²) in [5.41, 5.74) is 7.46. The number of hydrogen-bond acceptors (Lipinski definition) is 4. The lowest BCUT2D eigenvalue weighted by atomic mass is 9.76. The van der Waals surface area contributed by atoms with Crippen LogP contribution in [-0.2, 0) is 0 Å². The highest BCUT2D eigenvalue weighted by atomic mass is 16.5. The van der Waals surface area contributed by atoms with Crippen molar-refractivity contribution in [2.45, 2.75) is 52.6 Å². The average molecular weight is 277 g/mol. The lowest BCUT2D eigenvalue weighted by Gasteiger charge is -2.34. The molecule has 1 fully saturated rings. The van der Waals surface area contributed by atoms with E-state index in [1.54, 1.807) is 12.1 Å². The first-order valence-corrected chi connectivity index (χ1v) is 7.03. The van der Waals surface area contributed by atoms with E-state index >= 15 is 0 Å². The monoisotopic (exact) mass is 277 g/mol. The van der Waals surface area contributed by atoms with Crippen LogP contribution in [0, 0.1) is 12.3 Å². The molecule has 3 N–H and O–H groups in total. The largest absolute Gasteiger partial charge is 0.474 e. The second-order valence-corrected chi connectivity index (χ2v) is 6.30. The molecule has 0 amide bonds. The Bertz CT molecular complexity index is 502. The third-order valence-electron chi connectivity index (χ3n) is 3.91. The fourth-order valence-corrected chi connectivity index (χ4v) is 2.57. The molecule has 2 rings (SSSR count). The predicted molar refractivity (Wildman–Crippen MR) is 78.1 cm³/mol. The first-order chi connectivity index (χ1) is 9.39. The van der Waals surface area contributed by atoms with E-state index in [2.05, 4.69) is 24.0 Å². The van der Waals surface area contributed by atoms with Crippen LogP contribution in [-0.4, -0.2) is 22.1 Å². The summed E-state index contributed by atoms with van der Waals surface area (Å²) in [4.78, 5) is 4.37. The fraction of sp³-hybridized carbons (Fsp3) is 0.600. The average Bonchev–Trinajstić information content (AvgIpc) is 2.39. The van der Waals surface area contributed by atoms with Crippen LogP contribution in [0.2, 0.25) is 0 Å². The summed E-state index contributed by atoms with van der Waals surface area (Å²) in [6.45, 7) is 6.46. The molecule has 0 spiro atoms. The van der Waals surface area contributed by atoms with E-state index in [1.165, 1.54) is 0 Å². The summed E-state index contributed by atoms with van der Waals surface area (Å²) in [5, 5.41) is 11.8. The molecule has 0 aliphatic heterocycles. The zero-order valence-electron chi connectivity index (χ0n) is 12.4. The number of oxime groups is 1. The number of nitrogens with zero attached hydrogens (tertiary/aromatic N) is 2. The summed E-state index contributed by atoms with van der Waals surface area (Å²) in [6, 6.07) is 3.49. The molecule has 0 bridgehead atoms. The van der Waals surface area contributed by atoms with Gasteiger partial charge in [0, 0.05) is 17.3 Å².